The molecule has 0 aliphatic rings. The third kappa shape index (κ3) is 18.7. The van der Waals surface area contributed by atoms with E-state index in [4.69, 9.17) is 18.9 Å². The van der Waals surface area contributed by atoms with E-state index < -0.39 is 0 Å². The summed E-state index contributed by atoms with van der Waals surface area (Å²) < 4.78 is 22.9. The maximum atomic E-state index is 6.42. The molecule has 35 heavy (non-hydrogen) atoms. The summed E-state index contributed by atoms with van der Waals surface area (Å²) >= 11 is 0. The molecule has 0 N–H and O–H groups in total. The molecule has 0 unspecified atom stereocenters. The van der Waals surface area contributed by atoms with Gasteiger partial charge in [-0.15, -0.1) is 0 Å². The lowest BCUT2D eigenvalue weighted by Crippen LogP contribution is -2.38. The number of rotatable bonds is 21. The van der Waals surface area contributed by atoms with E-state index in [9.17, 15) is 0 Å². The van der Waals surface area contributed by atoms with Crippen molar-refractivity contribution in [1.82, 2.24) is 0 Å². The minimum Gasteiger partial charge on any atom is -0.384 e. The Labute approximate surface area is 221 Å². The van der Waals surface area contributed by atoms with E-state index in [1.165, 1.54) is 12.8 Å². The Morgan fingerprint density at radius 1 is 0.600 bits per heavy atom. The maximum absolute atomic E-state index is 6.42. The van der Waals surface area contributed by atoms with E-state index in [0.29, 0.717) is 23.7 Å². The lowest BCUT2D eigenvalue weighted by atomic mass is 9.73. The van der Waals surface area contributed by atoms with E-state index >= 15 is 0 Å². The molecular weight excluding hydrogens is 436 g/mol. The van der Waals surface area contributed by atoms with Gasteiger partial charge in [-0.1, -0.05) is 82.1 Å². The summed E-state index contributed by atoms with van der Waals surface area (Å²) in [6.45, 7) is 26.8. The summed E-state index contributed by atoms with van der Waals surface area (Å²) in [6, 6.07) is 0. The molecule has 0 saturated heterocycles. The number of methoxy groups -OCH3 is 2. The Morgan fingerprint density at radius 3 is 1.43 bits per heavy atom. The van der Waals surface area contributed by atoms with Crippen LogP contribution in [-0.2, 0) is 18.9 Å². The highest BCUT2D eigenvalue weighted by Gasteiger charge is 2.35. The second-order valence-corrected chi connectivity index (χ2v) is 12.3. The van der Waals surface area contributed by atoms with Crippen molar-refractivity contribution in [2.24, 2.45) is 29.1 Å². The highest BCUT2D eigenvalue weighted by Crippen LogP contribution is 2.35. The average molecular weight is 503 g/mol. The minimum atomic E-state index is 0.0176. The van der Waals surface area contributed by atoms with Crippen LogP contribution in [0.2, 0.25) is 0 Å². The van der Waals surface area contributed by atoms with Crippen molar-refractivity contribution in [3.63, 3.8) is 0 Å². The predicted octanol–water partition coefficient (Wildman–Crippen LogP) is 8.81. The molecule has 0 fully saturated rings. The van der Waals surface area contributed by atoms with Crippen LogP contribution in [0.15, 0.2) is 0 Å². The summed E-state index contributed by atoms with van der Waals surface area (Å²) in [5.41, 5.74) is 0.196. The standard InChI is InChI=1S/C19H40O2.C12H26O2/c1-7-9-12-20-14-11-19(15-17(3)4,16-18(5)6)21-13-10-8-2;1-10(2)7-12(8-13-5,9-14-6)11(3)4/h17-18H,7-16H2,1-6H3;10-11H,7-9H2,1-6H3. The molecule has 0 spiro atoms. The van der Waals surface area contributed by atoms with Crippen molar-refractivity contribution in [2.45, 2.75) is 126 Å². The third-order valence-corrected chi connectivity index (χ3v) is 6.71. The molecule has 0 aromatic rings. The van der Waals surface area contributed by atoms with Crippen LogP contribution in [0.3, 0.4) is 0 Å². The lowest BCUT2D eigenvalue weighted by Gasteiger charge is -2.37. The minimum absolute atomic E-state index is 0.0176. The monoisotopic (exact) mass is 502 g/mol. The zero-order chi connectivity index (χ0) is 27.3. The summed E-state index contributed by atoms with van der Waals surface area (Å²) in [6.07, 6.45) is 9.22. The van der Waals surface area contributed by atoms with Crippen molar-refractivity contribution in [2.75, 3.05) is 47.3 Å². The van der Waals surface area contributed by atoms with Crippen LogP contribution in [0.5, 0.6) is 0 Å². The van der Waals surface area contributed by atoms with Gasteiger partial charge in [-0.2, -0.15) is 0 Å². The van der Waals surface area contributed by atoms with Crippen LogP contribution in [0.1, 0.15) is 121 Å². The Bertz CT molecular complexity index is 429. The Morgan fingerprint density at radius 2 is 1.06 bits per heavy atom. The van der Waals surface area contributed by atoms with Crippen LogP contribution in [0.4, 0.5) is 0 Å². The second-order valence-electron chi connectivity index (χ2n) is 12.3. The highest BCUT2D eigenvalue weighted by molar-refractivity contribution is 4.84. The maximum Gasteiger partial charge on any atom is 0.0709 e. The number of unbranched alkanes of at least 4 members (excludes halogenated alkanes) is 2. The Hall–Kier alpha value is -0.160. The van der Waals surface area contributed by atoms with E-state index in [2.05, 4.69) is 69.2 Å². The zero-order valence-corrected chi connectivity index (χ0v) is 26.1. The third-order valence-electron chi connectivity index (χ3n) is 6.71. The molecule has 0 aliphatic carbocycles. The van der Waals surface area contributed by atoms with Gasteiger partial charge in [0.15, 0.2) is 0 Å². The van der Waals surface area contributed by atoms with Crippen LogP contribution >= 0.6 is 0 Å². The van der Waals surface area contributed by atoms with E-state index in [0.717, 1.165) is 71.6 Å². The molecule has 4 heteroatoms. The van der Waals surface area contributed by atoms with Gasteiger partial charge < -0.3 is 18.9 Å². The first-order chi connectivity index (χ1) is 16.4. The van der Waals surface area contributed by atoms with Crippen LogP contribution in [0, 0.1) is 29.1 Å². The molecule has 0 bridgehead atoms. The molecule has 0 aromatic carbocycles. The van der Waals surface area contributed by atoms with Gasteiger partial charge in [-0.3, -0.25) is 0 Å². The summed E-state index contributed by atoms with van der Waals surface area (Å²) in [4.78, 5) is 0. The molecule has 4 nitrogen and oxygen atoms in total. The molecular formula is C31H66O4. The number of hydrogen-bond donors (Lipinski definition) is 0. The molecule has 214 valence electrons. The highest BCUT2D eigenvalue weighted by atomic mass is 16.5. The van der Waals surface area contributed by atoms with E-state index in [-0.39, 0.29) is 11.0 Å². The van der Waals surface area contributed by atoms with Gasteiger partial charge >= 0.3 is 0 Å². The summed E-state index contributed by atoms with van der Waals surface area (Å²) in [7, 11) is 3.54. The fraction of sp³-hybridized carbons (Fsp3) is 1.00. The largest absolute Gasteiger partial charge is 0.384 e. The van der Waals surface area contributed by atoms with Crippen molar-refractivity contribution in [3.05, 3.63) is 0 Å². The molecule has 0 heterocycles. The fourth-order valence-corrected chi connectivity index (χ4v) is 5.12. The molecule has 0 amide bonds. The molecule has 0 rings (SSSR count). The Kier molecular flexibility index (Phi) is 23.1. The van der Waals surface area contributed by atoms with Crippen LogP contribution < -0.4 is 0 Å². The smallest absolute Gasteiger partial charge is 0.0709 e. The molecule has 0 aromatic heterocycles. The molecule has 0 saturated carbocycles. The first-order valence-electron chi connectivity index (χ1n) is 14.6. The van der Waals surface area contributed by atoms with Gasteiger partial charge in [-0.05, 0) is 62.2 Å². The first kappa shape index (κ1) is 37.0. The van der Waals surface area contributed by atoms with Gasteiger partial charge in [0.05, 0.1) is 18.8 Å². The normalized spacial score (nSPS) is 12.7. The molecule has 0 aliphatic heterocycles. The van der Waals surface area contributed by atoms with Crippen molar-refractivity contribution >= 4 is 0 Å². The van der Waals surface area contributed by atoms with Crippen LogP contribution in [0.25, 0.3) is 0 Å². The van der Waals surface area contributed by atoms with E-state index in [1.54, 1.807) is 14.2 Å². The fourth-order valence-electron chi connectivity index (χ4n) is 5.12. The molecule has 0 atom stereocenters. The van der Waals surface area contributed by atoms with Gasteiger partial charge in [0, 0.05) is 39.5 Å². The molecule has 0 radical (unpaired) electrons. The van der Waals surface area contributed by atoms with Crippen molar-refractivity contribution < 1.29 is 18.9 Å². The van der Waals surface area contributed by atoms with Gasteiger partial charge in [0.2, 0.25) is 0 Å². The predicted molar refractivity (Wildman–Crippen MR) is 153 cm³/mol. The first-order valence-corrected chi connectivity index (χ1v) is 14.6. The van der Waals surface area contributed by atoms with Gasteiger partial charge in [0.1, 0.15) is 0 Å². The zero-order valence-electron chi connectivity index (χ0n) is 26.1. The summed E-state index contributed by atoms with van der Waals surface area (Å²) in [5.74, 6) is 2.61. The number of hydrogen-bond acceptors (Lipinski definition) is 4. The van der Waals surface area contributed by atoms with Crippen molar-refractivity contribution in [1.29, 1.82) is 0 Å². The quantitative estimate of drug-likeness (QED) is 0.147. The van der Waals surface area contributed by atoms with Crippen LogP contribution in [-0.4, -0.2) is 52.9 Å². The summed E-state index contributed by atoms with van der Waals surface area (Å²) in [5, 5.41) is 0. The second kappa shape index (κ2) is 21.9. The van der Waals surface area contributed by atoms with E-state index in [1.807, 2.05) is 0 Å². The van der Waals surface area contributed by atoms with Gasteiger partial charge in [0.25, 0.3) is 0 Å². The topological polar surface area (TPSA) is 36.9 Å². The SMILES string of the molecule is CCCCOCCC(CC(C)C)(CC(C)C)OCCCC.COCC(COC)(CC(C)C)C(C)C. The average Bonchev–Trinajstić information content (AvgIpc) is 2.73. The Balaban J connectivity index is 0. The van der Waals surface area contributed by atoms with Crippen molar-refractivity contribution in [3.8, 4) is 0 Å². The lowest BCUT2D eigenvalue weighted by molar-refractivity contribution is -0.0911. The van der Waals surface area contributed by atoms with Gasteiger partial charge in [-0.25, -0.2) is 0 Å². The number of ether oxygens (including phenoxy) is 4.